The van der Waals surface area contributed by atoms with Crippen LogP contribution in [0, 0.1) is 0 Å². The number of carbonyl (C=O) groups is 2. The van der Waals surface area contributed by atoms with Crippen molar-refractivity contribution in [2.45, 2.75) is 314 Å². The fourth-order valence-corrected chi connectivity index (χ4v) is 9.33. The second-order valence-electron chi connectivity index (χ2n) is 21.4. The highest BCUT2D eigenvalue weighted by Crippen LogP contribution is 2.26. The van der Waals surface area contributed by atoms with Gasteiger partial charge in [0.2, 0.25) is 5.91 Å². The van der Waals surface area contributed by atoms with Crippen LogP contribution in [0.1, 0.15) is 265 Å². The fraction of sp³-hybridized carbons (Fsp3) is 0.785. The molecule has 6 N–H and O–H groups in total. The number of hydrogen-bond acceptors (Lipinski definition) is 10. The van der Waals surface area contributed by atoms with E-state index < -0.39 is 67.4 Å². The second-order valence-corrected chi connectivity index (χ2v) is 21.4. The van der Waals surface area contributed by atoms with Crippen LogP contribution in [0.2, 0.25) is 0 Å². The minimum atomic E-state index is -1.63. The maximum atomic E-state index is 13.4. The average Bonchev–Trinajstić information content (AvgIpc) is 3.42. The zero-order valence-electron chi connectivity index (χ0n) is 48.6. The van der Waals surface area contributed by atoms with Crippen LogP contribution >= 0.6 is 0 Å². The lowest BCUT2D eigenvalue weighted by Gasteiger charge is -2.41. The van der Waals surface area contributed by atoms with Gasteiger partial charge in [0.25, 0.3) is 0 Å². The van der Waals surface area contributed by atoms with Gasteiger partial charge < -0.3 is 45.1 Å². The van der Waals surface area contributed by atoms with Gasteiger partial charge >= 0.3 is 5.97 Å². The molecule has 0 bridgehead atoms. The van der Waals surface area contributed by atoms with Crippen molar-refractivity contribution in [2.24, 2.45) is 0 Å². The first-order valence-electron chi connectivity index (χ1n) is 31.2. The van der Waals surface area contributed by atoms with Gasteiger partial charge in [-0.1, -0.05) is 235 Å². The van der Waals surface area contributed by atoms with Gasteiger partial charge in [-0.15, -0.1) is 0 Å². The number of aliphatic hydroxyl groups excluding tert-OH is 5. The van der Waals surface area contributed by atoms with Crippen molar-refractivity contribution in [3.05, 3.63) is 72.9 Å². The molecular formula is C65H115NO10. The molecule has 76 heavy (non-hydrogen) atoms. The molecule has 0 aromatic rings. The van der Waals surface area contributed by atoms with E-state index in [1.807, 2.05) is 6.08 Å². The fourth-order valence-electron chi connectivity index (χ4n) is 9.33. The molecule has 1 heterocycles. The van der Waals surface area contributed by atoms with E-state index in [1.165, 1.54) is 128 Å². The predicted molar refractivity (Wildman–Crippen MR) is 315 cm³/mol. The monoisotopic (exact) mass is 1070 g/mol. The third-order valence-electron chi connectivity index (χ3n) is 14.3. The lowest BCUT2D eigenvalue weighted by atomic mass is 9.99. The van der Waals surface area contributed by atoms with Gasteiger partial charge in [-0.05, 0) is 96.3 Å². The molecular weight excluding hydrogens is 955 g/mol. The number of aliphatic hydroxyl groups is 5. The third kappa shape index (κ3) is 40.3. The lowest BCUT2D eigenvalue weighted by molar-refractivity contribution is -0.305. The van der Waals surface area contributed by atoms with Crippen LogP contribution < -0.4 is 5.32 Å². The van der Waals surface area contributed by atoms with Gasteiger partial charge in [0.1, 0.15) is 24.4 Å². The Morgan fingerprint density at radius 1 is 0.513 bits per heavy atom. The van der Waals surface area contributed by atoms with Crippen LogP contribution in [0.25, 0.3) is 0 Å². The van der Waals surface area contributed by atoms with E-state index in [2.05, 4.69) is 86.8 Å². The van der Waals surface area contributed by atoms with Crippen molar-refractivity contribution >= 4 is 11.9 Å². The van der Waals surface area contributed by atoms with E-state index >= 15 is 0 Å². The molecule has 11 nitrogen and oxygen atoms in total. The SMILES string of the molecule is CCCCC/C=C\C/C=C\C/C=C\C/C=C\CCCCCCCC(=O)OC1C(OCC(NC(=O)C(O)CCCC/C=C\CCCCCCCCC)C(O)/C=C/CCCCCCCCCCCCC)OC(CO)C(O)C1O. The summed E-state index contributed by atoms with van der Waals surface area (Å²) in [6.45, 7) is 5.74. The highest BCUT2D eigenvalue weighted by atomic mass is 16.7. The van der Waals surface area contributed by atoms with Crippen molar-refractivity contribution in [1.29, 1.82) is 0 Å². The molecule has 1 rings (SSSR count). The van der Waals surface area contributed by atoms with E-state index in [4.69, 9.17) is 14.2 Å². The molecule has 0 aromatic carbocycles. The van der Waals surface area contributed by atoms with Crippen molar-refractivity contribution in [1.82, 2.24) is 5.32 Å². The largest absolute Gasteiger partial charge is 0.454 e. The molecule has 8 unspecified atom stereocenters. The quantitative estimate of drug-likeness (QED) is 0.0195. The Morgan fingerprint density at radius 2 is 0.908 bits per heavy atom. The maximum absolute atomic E-state index is 13.4. The van der Waals surface area contributed by atoms with Crippen LogP contribution in [0.5, 0.6) is 0 Å². The summed E-state index contributed by atoms with van der Waals surface area (Å²) in [5.74, 6) is -1.23. The molecule has 1 amide bonds. The molecule has 11 heteroatoms. The molecule has 1 aliphatic rings. The number of carbonyl (C=O) groups excluding carboxylic acids is 2. The summed E-state index contributed by atoms with van der Waals surface area (Å²) in [6.07, 6.45) is 56.5. The number of nitrogens with one attached hydrogen (secondary N) is 1. The maximum Gasteiger partial charge on any atom is 0.306 e. The summed E-state index contributed by atoms with van der Waals surface area (Å²) in [4.78, 5) is 26.5. The van der Waals surface area contributed by atoms with Crippen molar-refractivity contribution in [2.75, 3.05) is 13.2 Å². The average molecular weight is 1070 g/mol. The van der Waals surface area contributed by atoms with Crippen molar-refractivity contribution in [3.8, 4) is 0 Å². The normalized spacial score (nSPS) is 19.6. The van der Waals surface area contributed by atoms with Gasteiger partial charge in [0.15, 0.2) is 12.4 Å². The van der Waals surface area contributed by atoms with E-state index in [9.17, 15) is 35.1 Å². The standard InChI is InChI=1S/C65H115NO10/c1-4-7-10-13-16-19-22-25-26-27-28-29-30-31-32-35-38-41-44-47-50-53-60(70)76-63-62(72)61(71)59(54-67)75-65(63)74-55-56(57(68)51-48-45-42-39-36-33-23-20-17-14-11-8-5-2)66-64(73)58(69)52-49-46-43-40-37-34-24-21-18-15-12-9-6-3/h16,19,25-26,28-29,31-32,37,40,48,51,56-59,61-63,65,67-69,71-72H,4-15,17-18,20-24,27,30,33-36,38-39,41-47,49-50,52-55H2,1-3H3,(H,66,73)/b19-16-,26-25-,29-28-,32-31-,40-37-,51-48+. The summed E-state index contributed by atoms with van der Waals surface area (Å²) in [6, 6.07) is -1.04. The first-order chi connectivity index (χ1) is 37.2. The zero-order chi connectivity index (χ0) is 55.4. The number of unbranched alkanes of at least 4 members (excludes halogenated alkanes) is 28. The molecule has 0 aromatic heterocycles. The van der Waals surface area contributed by atoms with Crippen LogP contribution in [-0.4, -0.2) is 99.6 Å². The van der Waals surface area contributed by atoms with Crippen LogP contribution in [0.3, 0.4) is 0 Å². The van der Waals surface area contributed by atoms with Gasteiger partial charge in [0.05, 0.1) is 25.4 Å². The number of esters is 1. The minimum absolute atomic E-state index is 0.0986. The first-order valence-corrected chi connectivity index (χ1v) is 31.2. The minimum Gasteiger partial charge on any atom is -0.454 e. The number of amides is 1. The molecule has 1 saturated heterocycles. The molecule has 8 atom stereocenters. The Kier molecular flexibility index (Phi) is 49.4. The molecule has 0 radical (unpaired) electrons. The number of ether oxygens (including phenoxy) is 3. The Morgan fingerprint density at radius 3 is 1.39 bits per heavy atom. The molecule has 0 saturated carbocycles. The van der Waals surface area contributed by atoms with Gasteiger partial charge in [-0.2, -0.15) is 0 Å². The summed E-state index contributed by atoms with van der Waals surface area (Å²) in [7, 11) is 0. The van der Waals surface area contributed by atoms with Gasteiger partial charge in [-0.25, -0.2) is 0 Å². The highest BCUT2D eigenvalue weighted by Gasteiger charge is 2.47. The van der Waals surface area contributed by atoms with E-state index in [0.717, 1.165) is 89.9 Å². The topological polar surface area (TPSA) is 175 Å². The Balaban J connectivity index is 2.70. The predicted octanol–water partition coefficient (Wildman–Crippen LogP) is 14.8. The van der Waals surface area contributed by atoms with Crippen LogP contribution in [0.15, 0.2) is 72.9 Å². The Bertz CT molecular complexity index is 1510. The van der Waals surface area contributed by atoms with E-state index in [-0.39, 0.29) is 19.4 Å². The van der Waals surface area contributed by atoms with Gasteiger partial charge in [-0.3, -0.25) is 9.59 Å². The number of allylic oxidation sites excluding steroid dienone is 11. The van der Waals surface area contributed by atoms with Crippen LogP contribution in [-0.2, 0) is 23.8 Å². The van der Waals surface area contributed by atoms with E-state index in [0.29, 0.717) is 12.8 Å². The molecule has 1 fully saturated rings. The molecule has 1 aliphatic heterocycles. The molecule has 0 aliphatic carbocycles. The summed E-state index contributed by atoms with van der Waals surface area (Å²) >= 11 is 0. The highest BCUT2D eigenvalue weighted by molar-refractivity contribution is 5.80. The smallest absolute Gasteiger partial charge is 0.306 e. The van der Waals surface area contributed by atoms with Crippen molar-refractivity contribution in [3.63, 3.8) is 0 Å². The zero-order valence-corrected chi connectivity index (χ0v) is 48.6. The molecule has 440 valence electrons. The summed E-state index contributed by atoms with van der Waals surface area (Å²) in [5, 5.41) is 56.9. The number of rotatable bonds is 52. The molecule has 0 spiro atoms. The van der Waals surface area contributed by atoms with Crippen molar-refractivity contribution < 1.29 is 49.3 Å². The first kappa shape index (κ1) is 71.1. The summed E-state index contributed by atoms with van der Waals surface area (Å²) < 4.78 is 17.6. The lowest BCUT2D eigenvalue weighted by Crippen LogP contribution is -2.61. The Hall–Kier alpha value is -2.90. The van der Waals surface area contributed by atoms with Crippen LogP contribution in [0.4, 0.5) is 0 Å². The van der Waals surface area contributed by atoms with E-state index in [1.54, 1.807) is 6.08 Å². The number of hydrogen-bond donors (Lipinski definition) is 6. The summed E-state index contributed by atoms with van der Waals surface area (Å²) in [5.41, 5.74) is 0. The third-order valence-corrected chi connectivity index (χ3v) is 14.3. The second kappa shape index (κ2) is 52.8. The Labute approximate surface area is 464 Å². The van der Waals surface area contributed by atoms with Gasteiger partial charge in [0, 0.05) is 6.42 Å².